The summed E-state index contributed by atoms with van der Waals surface area (Å²) in [7, 11) is 1.65. The molecule has 0 aromatic heterocycles. The first-order chi connectivity index (χ1) is 11.5. The van der Waals surface area contributed by atoms with Crippen LogP contribution in [-0.2, 0) is 11.3 Å². The standard InChI is InChI=1S/C17H17Cl2N3O2/c1-22(11-12-7-8-14(18)15(19)9-12)16(23)10-20-17(24)21-13-5-3-2-4-6-13/h2-9H,10-11H2,1H3,(H2,20,21,24). The first-order valence-electron chi connectivity index (χ1n) is 7.23. The highest BCUT2D eigenvalue weighted by Crippen LogP contribution is 2.23. The van der Waals surface area contributed by atoms with Gasteiger partial charge in [-0.25, -0.2) is 4.79 Å². The average molecular weight is 366 g/mol. The molecule has 2 rings (SSSR count). The fourth-order valence-electron chi connectivity index (χ4n) is 1.99. The molecule has 2 N–H and O–H groups in total. The summed E-state index contributed by atoms with van der Waals surface area (Å²) in [6.45, 7) is 0.272. The Morgan fingerprint density at radius 2 is 1.75 bits per heavy atom. The molecule has 7 heteroatoms. The van der Waals surface area contributed by atoms with Crippen molar-refractivity contribution in [1.82, 2.24) is 10.2 Å². The molecule has 0 atom stereocenters. The summed E-state index contributed by atoms with van der Waals surface area (Å²) >= 11 is 11.8. The van der Waals surface area contributed by atoms with E-state index in [4.69, 9.17) is 23.2 Å². The Balaban J connectivity index is 1.80. The van der Waals surface area contributed by atoms with E-state index in [1.165, 1.54) is 4.90 Å². The van der Waals surface area contributed by atoms with Crippen molar-refractivity contribution < 1.29 is 9.59 Å². The van der Waals surface area contributed by atoms with Crippen molar-refractivity contribution in [3.63, 3.8) is 0 Å². The molecule has 0 bridgehead atoms. The van der Waals surface area contributed by atoms with Gasteiger partial charge in [-0.2, -0.15) is 0 Å². The second kappa shape index (κ2) is 8.57. The van der Waals surface area contributed by atoms with Crippen LogP contribution in [0.15, 0.2) is 48.5 Å². The van der Waals surface area contributed by atoms with Crippen molar-refractivity contribution in [2.24, 2.45) is 0 Å². The lowest BCUT2D eigenvalue weighted by atomic mass is 10.2. The lowest BCUT2D eigenvalue weighted by Gasteiger charge is -2.18. The van der Waals surface area contributed by atoms with E-state index in [1.54, 1.807) is 37.4 Å². The number of likely N-dealkylation sites (N-methyl/N-ethyl adjacent to an activating group) is 1. The van der Waals surface area contributed by atoms with E-state index in [9.17, 15) is 9.59 Å². The third kappa shape index (κ3) is 5.44. The molecule has 0 unspecified atom stereocenters. The summed E-state index contributed by atoms with van der Waals surface area (Å²) in [6.07, 6.45) is 0. The van der Waals surface area contributed by atoms with Crippen molar-refractivity contribution >= 4 is 40.8 Å². The van der Waals surface area contributed by atoms with Crippen LogP contribution in [-0.4, -0.2) is 30.4 Å². The van der Waals surface area contributed by atoms with E-state index in [0.29, 0.717) is 22.3 Å². The summed E-state index contributed by atoms with van der Waals surface area (Å²) in [5.41, 5.74) is 1.51. The van der Waals surface area contributed by atoms with Crippen LogP contribution in [0.2, 0.25) is 10.0 Å². The number of para-hydroxylation sites is 1. The van der Waals surface area contributed by atoms with Gasteiger partial charge in [0.25, 0.3) is 0 Å². The van der Waals surface area contributed by atoms with Crippen LogP contribution in [0.5, 0.6) is 0 Å². The molecule has 126 valence electrons. The number of nitrogens with one attached hydrogen (secondary N) is 2. The van der Waals surface area contributed by atoms with Gasteiger partial charge in [-0.15, -0.1) is 0 Å². The maximum absolute atomic E-state index is 12.1. The Morgan fingerprint density at radius 1 is 1.04 bits per heavy atom. The summed E-state index contributed by atoms with van der Waals surface area (Å²) < 4.78 is 0. The molecule has 2 aromatic carbocycles. The van der Waals surface area contributed by atoms with Gasteiger partial charge in [-0.05, 0) is 29.8 Å². The number of anilines is 1. The molecular weight excluding hydrogens is 349 g/mol. The molecule has 0 aliphatic heterocycles. The SMILES string of the molecule is CN(Cc1ccc(Cl)c(Cl)c1)C(=O)CNC(=O)Nc1ccccc1. The Labute approximate surface area is 150 Å². The molecule has 0 saturated heterocycles. The topological polar surface area (TPSA) is 61.4 Å². The highest BCUT2D eigenvalue weighted by Gasteiger charge is 2.11. The minimum absolute atomic E-state index is 0.101. The van der Waals surface area contributed by atoms with Crippen molar-refractivity contribution in [1.29, 1.82) is 0 Å². The summed E-state index contributed by atoms with van der Waals surface area (Å²) in [5, 5.41) is 6.08. The van der Waals surface area contributed by atoms with Gasteiger partial charge in [0.1, 0.15) is 0 Å². The zero-order valence-electron chi connectivity index (χ0n) is 13.1. The summed E-state index contributed by atoms with van der Waals surface area (Å²) in [4.78, 5) is 25.3. The third-order valence-electron chi connectivity index (χ3n) is 3.26. The van der Waals surface area contributed by atoms with Gasteiger partial charge >= 0.3 is 6.03 Å². The van der Waals surface area contributed by atoms with Gasteiger partial charge in [0.15, 0.2) is 0 Å². The number of halogens is 2. The molecule has 2 aromatic rings. The average Bonchev–Trinajstić information content (AvgIpc) is 2.57. The van der Waals surface area contributed by atoms with Gasteiger partial charge in [-0.3, -0.25) is 4.79 Å². The number of rotatable bonds is 5. The van der Waals surface area contributed by atoms with Gasteiger partial charge in [0.05, 0.1) is 16.6 Å². The number of carbonyl (C=O) groups excluding carboxylic acids is 2. The van der Waals surface area contributed by atoms with Gasteiger partial charge in [0.2, 0.25) is 5.91 Å². The van der Waals surface area contributed by atoms with Crippen LogP contribution in [0.1, 0.15) is 5.56 Å². The van der Waals surface area contributed by atoms with E-state index >= 15 is 0 Å². The van der Waals surface area contributed by atoms with E-state index < -0.39 is 6.03 Å². The Kier molecular flexibility index (Phi) is 6.46. The molecule has 0 saturated carbocycles. The molecule has 0 aliphatic rings. The van der Waals surface area contributed by atoms with E-state index in [1.807, 2.05) is 18.2 Å². The van der Waals surface area contributed by atoms with Gasteiger partial charge in [-0.1, -0.05) is 47.5 Å². The fraction of sp³-hybridized carbons (Fsp3) is 0.176. The van der Waals surface area contributed by atoms with Crippen LogP contribution in [0, 0.1) is 0 Å². The van der Waals surface area contributed by atoms with Crippen LogP contribution < -0.4 is 10.6 Å². The lowest BCUT2D eigenvalue weighted by molar-refractivity contribution is -0.129. The molecule has 0 spiro atoms. The van der Waals surface area contributed by atoms with Crippen molar-refractivity contribution in [2.45, 2.75) is 6.54 Å². The molecule has 3 amide bonds. The zero-order valence-corrected chi connectivity index (χ0v) is 14.6. The monoisotopic (exact) mass is 365 g/mol. The molecule has 0 radical (unpaired) electrons. The van der Waals surface area contributed by atoms with Gasteiger partial charge in [0, 0.05) is 19.3 Å². The van der Waals surface area contributed by atoms with Crippen molar-refractivity contribution in [2.75, 3.05) is 18.9 Å². The van der Waals surface area contributed by atoms with E-state index in [2.05, 4.69) is 10.6 Å². The quantitative estimate of drug-likeness (QED) is 0.846. The Bertz CT molecular complexity index is 723. The number of benzene rings is 2. The first-order valence-corrected chi connectivity index (χ1v) is 7.99. The number of urea groups is 1. The predicted molar refractivity (Wildman–Crippen MR) is 96.4 cm³/mol. The van der Waals surface area contributed by atoms with Crippen molar-refractivity contribution in [3.05, 3.63) is 64.1 Å². The molecular formula is C17H17Cl2N3O2. The Morgan fingerprint density at radius 3 is 2.42 bits per heavy atom. The van der Waals surface area contributed by atoms with Crippen LogP contribution in [0.4, 0.5) is 10.5 Å². The molecule has 0 aliphatic carbocycles. The minimum atomic E-state index is -0.433. The van der Waals surface area contributed by atoms with E-state index in [-0.39, 0.29) is 12.5 Å². The smallest absolute Gasteiger partial charge is 0.319 e. The molecule has 24 heavy (non-hydrogen) atoms. The molecule has 5 nitrogen and oxygen atoms in total. The Hall–Kier alpha value is -2.24. The number of amides is 3. The predicted octanol–water partition coefficient (Wildman–Crippen LogP) is 3.77. The normalized spacial score (nSPS) is 10.1. The second-order valence-electron chi connectivity index (χ2n) is 5.17. The van der Waals surface area contributed by atoms with Crippen LogP contribution in [0.25, 0.3) is 0 Å². The number of nitrogens with zero attached hydrogens (tertiary/aromatic N) is 1. The summed E-state index contributed by atoms with van der Waals surface area (Å²) in [5.74, 6) is -0.218. The van der Waals surface area contributed by atoms with Crippen LogP contribution >= 0.6 is 23.2 Å². The fourth-order valence-corrected chi connectivity index (χ4v) is 2.31. The molecule has 0 heterocycles. The second-order valence-corrected chi connectivity index (χ2v) is 5.99. The zero-order chi connectivity index (χ0) is 17.5. The number of hydrogen-bond acceptors (Lipinski definition) is 2. The number of carbonyl (C=O) groups is 2. The third-order valence-corrected chi connectivity index (χ3v) is 4.00. The highest BCUT2D eigenvalue weighted by molar-refractivity contribution is 6.42. The lowest BCUT2D eigenvalue weighted by Crippen LogP contribution is -2.39. The number of hydrogen-bond donors (Lipinski definition) is 2. The minimum Gasteiger partial charge on any atom is -0.340 e. The van der Waals surface area contributed by atoms with Crippen molar-refractivity contribution in [3.8, 4) is 0 Å². The molecule has 0 fully saturated rings. The van der Waals surface area contributed by atoms with E-state index in [0.717, 1.165) is 5.56 Å². The maximum atomic E-state index is 12.1. The van der Waals surface area contributed by atoms with Crippen LogP contribution in [0.3, 0.4) is 0 Å². The summed E-state index contributed by atoms with van der Waals surface area (Å²) in [6, 6.07) is 13.8. The maximum Gasteiger partial charge on any atom is 0.319 e. The first kappa shape index (κ1) is 18.1. The van der Waals surface area contributed by atoms with Gasteiger partial charge < -0.3 is 15.5 Å². The largest absolute Gasteiger partial charge is 0.340 e. The highest BCUT2D eigenvalue weighted by atomic mass is 35.5.